The second kappa shape index (κ2) is 5.52. The highest BCUT2D eigenvalue weighted by molar-refractivity contribution is 7.96. The Morgan fingerprint density at radius 3 is 2.04 bits per heavy atom. The lowest BCUT2D eigenvalue weighted by Gasteiger charge is -2.18. The van der Waals surface area contributed by atoms with Crippen molar-refractivity contribution >= 4 is 21.0 Å². The molecule has 112 valence electrons. The van der Waals surface area contributed by atoms with Crippen LogP contribution in [0.15, 0.2) is 99.6 Å². The van der Waals surface area contributed by atoms with E-state index in [0.29, 0.717) is 0 Å². The molecule has 0 aliphatic carbocycles. The largest absolute Gasteiger partial charge is 0.240 e. The maximum Gasteiger partial charge on any atom is 0.102 e. The van der Waals surface area contributed by atoms with Gasteiger partial charge in [-0.3, -0.25) is 0 Å². The summed E-state index contributed by atoms with van der Waals surface area (Å²) in [6, 6.07) is 27.4. The van der Waals surface area contributed by atoms with E-state index in [1.807, 2.05) is 90.3 Å². The predicted octanol–water partition coefficient (Wildman–Crippen LogP) is 5.25. The van der Waals surface area contributed by atoms with E-state index < -0.39 is 9.73 Å². The van der Waals surface area contributed by atoms with Crippen LogP contribution in [0.25, 0.3) is 5.57 Å². The monoisotopic (exact) mass is 317 g/mol. The van der Waals surface area contributed by atoms with Crippen molar-refractivity contribution in [3.63, 3.8) is 0 Å². The summed E-state index contributed by atoms with van der Waals surface area (Å²) in [6.45, 7) is 0. The summed E-state index contributed by atoms with van der Waals surface area (Å²) in [7, 11) is -2.62. The van der Waals surface area contributed by atoms with E-state index in [1.165, 1.54) is 0 Å². The zero-order chi connectivity index (χ0) is 15.7. The number of rotatable bonds is 2. The molecule has 1 unspecified atom stereocenters. The molecule has 1 atom stereocenters. The topological polar surface area (TPSA) is 29.4 Å². The zero-order valence-electron chi connectivity index (χ0n) is 12.4. The third-order valence-corrected chi connectivity index (χ3v) is 5.84. The molecule has 1 aliphatic rings. The Kier molecular flexibility index (Phi) is 3.36. The van der Waals surface area contributed by atoms with Crippen LogP contribution in [0.4, 0.5) is 5.69 Å². The third-order valence-electron chi connectivity index (χ3n) is 3.87. The molecular formula is C20H15NOS. The fourth-order valence-electron chi connectivity index (χ4n) is 2.75. The van der Waals surface area contributed by atoms with Gasteiger partial charge >= 0.3 is 0 Å². The average molecular weight is 317 g/mol. The number of fused-ring (bicyclic) bond motifs is 1. The van der Waals surface area contributed by atoms with Crippen molar-refractivity contribution < 1.29 is 4.21 Å². The molecular weight excluding hydrogens is 302 g/mol. The van der Waals surface area contributed by atoms with Crippen molar-refractivity contribution in [2.75, 3.05) is 0 Å². The molecule has 0 amide bonds. The van der Waals surface area contributed by atoms with Crippen molar-refractivity contribution in [2.45, 2.75) is 4.90 Å². The highest BCUT2D eigenvalue weighted by atomic mass is 32.2. The van der Waals surface area contributed by atoms with Gasteiger partial charge in [0.15, 0.2) is 0 Å². The van der Waals surface area contributed by atoms with Crippen molar-refractivity contribution in [1.29, 1.82) is 0 Å². The van der Waals surface area contributed by atoms with Crippen LogP contribution in [-0.4, -0.2) is 4.21 Å². The second-order valence-corrected chi connectivity index (χ2v) is 7.41. The lowest BCUT2D eigenvalue weighted by atomic mass is 9.98. The molecule has 1 aliphatic heterocycles. The Labute approximate surface area is 136 Å². The summed E-state index contributed by atoms with van der Waals surface area (Å²) in [5, 5.41) is 1.82. The first-order chi connectivity index (χ1) is 11.3. The molecule has 0 N–H and O–H groups in total. The van der Waals surface area contributed by atoms with Crippen LogP contribution in [-0.2, 0) is 9.73 Å². The van der Waals surface area contributed by atoms with E-state index in [2.05, 4.69) is 4.36 Å². The number of benzene rings is 3. The van der Waals surface area contributed by atoms with Crippen LogP contribution in [0.1, 0.15) is 11.1 Å². The Hall–Kier alpha value is -2.65. The van der Waals surface area contributed by atoms with E-state index in [4.69, 9.17) is 0 Å². The molecule has 0 spiro atoms. The molecule has 0 fully saturated rings. The van der Waals surface area contributed by atoms with Gasteiger partial charge in [-0.15, -0.1) is 0 Å². The van der Waals surface area contributed by atoms with Crippen LogP contribution >= 0.6 is 0 Å². The van der Waals surface area contributed by atoms with Crippen LogP contribution < -0.4 is 0 Å². The minimum Gasteiger partial charge on any atom is -0.240 e. The first-order valence-corrected chi connectivity index (χ1v) is 9.03. The van der Waals surface area contributed by atoms with E-state index in [0.717, 1.165) is 27.3 Å². The van der Waals surface area contributed by atoms with E-state index >= 15 is 0 Å². The van der Waals surface area contributed by atoms with Crippen LogP contribution in [0.2, 0.25) is 0 Å². The van der Waals surface area contributed by atoms with Crippen molar-refractivity contribution in [2.24, 2.45) is 4.36 Å². The molecule has 23 heavy (non-hydrogen) atoms. The highest BCUT2D eigenvalue weighted by Crippen LogP contribution is 2.38. The quantitative estimate of drug-likeness (QED) is 0.635. The SMILES string of the molecule is O=S1(c2ccccc2)=Nc2ccccc2C(c2ccccc2)=C1. The maximum atomic E-state index is 13.5. The van der Waals surface area contributed by atoms with Crippen molar-refractivity contribution in [1.82, 2.24) is 0 Å². The van der Waals surface area contributed by atoms with Gasteiger partial charge in [-0.1, -0.05) is 66.7 Å². The molecule has 0 saturated carbocycles. The summed E-state index contributed by atoms with van der Waals surface area (Å²) in [5.74, 6) is 0. The van der Waals surface area contributed by atoms with Gasteiger partial charge in [0, 0.05) is 16.5 Å². The predicted molar refractivity (Wildman–Crippen MR) is 94.9 cm³/mol. The minimum atomic E-state index is -2.62. The lowest BCUT2D eigenvalue weighted by Crippen LogP contribution is -2.03. The summed E-state index contributed by atoms with van der Waals surface area (Å²) >= 11 is 0. The van der Waals surface area contributed by atoms with Gasteiger partial charge in [-0.05, 0) is 23.8 Å². The molecule has 0 radical (unpaired) electrons. The van der Waals surface area contributed by atoms with Gasteiger partial charge in [0.1, 0.15) is 9.73 Å². The van der Waals surface area contributed by atoms with Crippen molar-refractivity contribution in [3.05, 3.63) is 101 Å². The number of hydrogen-bond donors (Lipinski definition) is 0. The molecule has 3 heteroatoms. The number of nitrogens with zero attached hydrogens (tertiary/aromatic N) is 1. The third kappa shape index (κ3) is 2.49. The van der Waals surface area contributed by atoms with Gasteiger partial charge in [0.25, 0.3) is 0 Å². The molecule has 0 bridgehead atoms. The summed E-state index contributed by atoms with van der Waals surface area (Å²) in [6.07, 6.45) is 0. The smallest absolute Gasteiger partial charge is 0.102 e. The average Bonchev–Trinajstić information content (AvgIpc) is 2.62. The molecule has 0 saturated heterocycles. The summed E-state index contributed by atoms with van der Waals surface area (Å²) in [5.41, 5.74) is 3.83. The molecule has 3 aromatic rings. The Bertz CT molecular complexity index is 998. The molecule has 1 heterocycles. The fourth-order valence-corrected chi connectivity index (χ4v) is 4.63. The van der Waals surface area contributed by atoms with Gasteiger partial charge in [-0.25, -0.2) is 4.21 Å². The Morgan fingerprint density at radius 1 is 0.696 bits per heavy atom. The zero-order valence-corrected chi connectivity index (χ0v) is 13.2. The standard InChI is InChI=1S/C20H15NOS/c22-23(17-11-5-2-6-12-17)15-19(16-9-3-1-4-10-16)18-13-7-8-14-20(18)21-23/h1-15H. The Balaban J connectivity index is 2.02. The molecule has 2 nitrogen and oxygen atoms in total. The van der Waals surface area contributed by atoms with Gasteiger partial charge in [0.05, 0.1) is 10.6 Å². The van der Waals surface area contributed by atoms with E-state index in [1.54, 1.807) is 0 Å². The summed E-state index contributed by atoms with van der Waals surface area (Å²) in [4.78, 5) is 0.739. The lowest BCUT2D eigenvalue weighted by molar-refractivity contribution is 0.682. The summed E-state index contributed by atoms with van der Waals surface area (Å²) < 4.78 is 18.1. The van der Waals surface area contributed by atoms with Gasteiger partial charge < -0.3 is 0 Å². The number of hydrogen-bond acceptors (Lipinski definition) is 2. The maximum absolute atomic E-state index is 13.5. The van der Waals surface area contributed by atoms with E-state index in [-0.39, 0.29) is 0 Å². The van der Waals surface area contributed by atoms with Crippen LogP contribution in [0, 0.1) is 0 Å². The fraction of sp³-hybridized carbons (Fsp3) is 0. The molecule has 3 aromatic carbocycles. The van der Waals surface area contributed by atoms with Crippen LogP contribution in [0.5, 0.6) is 0 Å². The minimum absolute atomic E-state index is 0.739. The van der Waals surface area contributed by atoms with Crippen LogP contribution in [0.3, 0.4) is 0 Å². The molecule has 0 aromatic heterocycles. The second-order valence-electron chi connectivity index (χ2n) is 5.39. The van der Waals surface area contributed by atoms with Gasteiger partial charge in [-0.2, -0.15) is 4.36 Å². The normalized spacial score (nSPS) is 19.4. The highest BCUT2D eigenvalue weighted by Gasteiger charge is 2.21. The van der Waals surface area contributed by atoms with E-state index in [9.17, 15) is 4.21 Å². The first kappa shape index (κ1) is 14.0. The van der Waals surface area contributed by atoms with Crippen molar-refractivity contribution in [3.8, 4) is 0 Å². The molecule has 4 rings (SSSR count). The van der Waals surface area contributed by atoms with Gasteiger partial charge in [0.2, 0.25) is 0 Å². The first-order valence-electron chi connectivity index (χ1n) is 7.45. The Morgan fingerprint density at radius 2 is 1.30 bits per heavy atom.